The highest BCUT2D eigenvalue weighted by atomic mass is 16.3. The van der Waals surface area contributed by atoms with Crippen LogP contribution in [0.15, 0.2) is 12.1 Å². The molecule has 3 nitrogen and oxygen atoms in total. The van der Waals surface area contributed by atoms with E-state index in [2.05, 4.69) is 0 Å². The molecule has 0 fully saturated rings. The second-order valence-electron chi connectivity index (χ2n) is 2.43. The topological polar surface area (TPSA) is 57.5 Å². The first-order valence-electron chi connectivity index (χ1n) is 3.39. The van der Waals surface area contributed by atoms with E-state index in [4.69, 9.17) is 15.0 Å². The number of carbonyl (C=O) groups is 1. The number of rotatable bonds is 0. The maximum Gasteiger partial charge on any atom is 0.122 e. The minimum Gasteiger partial charge on any atom is -0.508 e. The van der Waals surface area contributed by atoms with Crippen LogP contribution in [0, 0.1) is 13.8 Å². The molecule has 12 heavy (non-hydrogen) atoms. The monoisotopic (exact) mass is 168 g/mol. The molecule has 0 amide bonds. The third-order valence-electron chi connectivity index (χ3n) is 1.50. The molecule has 66 valence electrons. The maximum absolute atomic E-state index is 9.12. The Bertz CT molecular complexity index is 245. The zero-order valence-electron chi connectivity index (χ0n) is 7.16. The smallest absolute Gasteiger partial charge is 0.122 e. The predicted molar refractivity (Wildman–Crippen MR) is 46.4 cm³/mol. The Balaban J connectivity index is 0.000000561. The van der Waals surface area contributed by atoms with Crippen molar-refractivity contribution in [3.05, 3.63) is 23.3 Å². The van der Waals surface area contributed by atoms with Gasteiger partial charge in [0.2, 0.25) is 0 Å². The van der Waals surface area contributed by atoms with Gasteiger partial charge in [-0.25, -0.2) is 0 Å². The van der Waals surface area contributed by atoms with Gasteiger partial charge in [-0.05, 0) is 31.5 Å². The van der Waals surface area contributed by atoms with Crippen LogP contribution in [0.5, 0.6) is 11.5 Å². The van der Waals surface area contributed by atoms with Gasteiger partial charge in [0.25, 0.3) is 0 Å². The SMILES string of the molecule is C=O.Cc1cc(O)c(C)c(O)c1. The summed E-state index contributed by atoms with van der Waals surface area (Å²) < 4.78 is 0. The maximum atomic E-state index is 9.12. The Kier molecular flexibility index (Phi) is 3.83. The van der Waals surface area contributed by atoms with Crippen LogP contribution < -0.4 is 0 Å². The highest BCUT2D eigenvalue weighted by Gasteiger charge is 2.01. The number of benzene rings is 1. The number of aromatic hydroxyl groups is 2. The van der Waals surface area contributed by atoms with Gasteiger partial charge in [0.15, 0.2) is 0 Å². The summed E-state index contributed by atoms with van der Waals surface area (Å²) in [6, 6.07) is 3.24. The largest absolute Gasteiger partial charge is 0.508 e. The van der Waals surface area contributed by atoms with Crippen LogP contribution in [-0.4, -0.2) is 17.0 Å². The second kappa shape index (κ2) is 4.38. The lowest BCUT2D eigenvalue weighted by atomic mass is 10.1. The molecule has 0 radical (unpaired) electrons. The van der Waals surface area contributed by atoms with Gasteiger partial charge in [0, 0.05) is 5.56 Å². The molecule has 0 atom stereocenters. The first kappa shape index (κ1) is 10.5. The minimum atomic E-state index is 0.150. The fourth-order valence-corrected chi connectivity index (χ4v) is 0.821. The summed E-state index contributed by atoms with van der Waals surface area (Å²) >= 11 is 0. The molecule has 0 heterocycles. The zero-order chi connectivity index (χ0) is 9.72. The van der Waals surface area contributed by atoms with E-state index in [1.165, 1.54) is 0 Å². The Morgan fingerprint density at radius 3 is 1.75 bits per heavy atom. The van der Waals surface area contributed by atoms with E-state index in [1.54, 1.807) is 19.1 Å². The molecule has 0 saturated heterocycles. The second-order valence-corrected chi connectivity index (χ2v) is 2.43. The molecule has 0 unspecified atom stereocenters. The fourth-order valence-electron chi connectivity index (χ4n) is 0.821. The van der Waals surface area contributed by atoms with Gasteiger partial charge in [-0.3, -0.25) is 0 Å². The lowest BCUT2D eigenvalue weighted by Gasteiger charge is -2.01. The highest BCUT2D eigenvalue weighted by Crippen LogP contribution is 2.26. The van der Waals surface area contributed by atoms with Gasteiger partial charge in [0.05, 0.1) is 0 Å². The Morgan fingerprint density at radius 1 is 1.08 bits per heavy atom. The number of aryl methyl sites for hydroxylation is 1. The summed E-state index contributed by atoms with van der Waals surface area (Å²) in [5.74, 6) is 0.301. The highest BCUT2D eigenvalue weighted by molar-refractivity contribution is 5.44. The zero-order valence-corrected chi connectivity index (χ0v) is 7.16. The van der Waals surface area contributed by atoms with Crippen molar-refractivity contribution in [2.24, 2.45) is 0 Å². The molecule has 0 bridgehead atoms. The quantitative estimate of drug-likeness (QED) is 0.617. The van der Waals surface area contributed by atoms with E-state index >= 15 is 0 Å². The molecule has 0 aromatic heterocycles. The number of hydrogen-bond donors (Lipinski definition) is 2. The molecule has 0 saturated carbocycles. The first-order valence-corrected chi connectivity index (χ1v) is 3.39. The average Bonchev–Trinajstić information content (AvgIpc) is 2.04. The van der Waals surface area contributed by atoms with Gasteiger partial charge >= 0.3 is 0 Å². The average molecular weight is 168 g/mol. The van der Waals surface area contributed by atoms with Gasteiger partial charge in [-0.2, -0.15) is 0 Å². The minimum absolute atomic E-state index is 0.150. The van der Waals surface area contributed by atoms with E-state index in [0.717, 1.165) is 5.56 Å². The fraction of sp³-hybridized carbons (Fsp3) is 0.222. The molecule has 1 aromatic carbocycles. The van der Waals surface area contributed by atoms with Crippen LogP contribution in [0.25, 0.3) is 0 Å². The number of phenolic OH excluding ortho intramolecular Hbond substituents is 2. The predicted octanol–water partition coefficient (Wildman–Crippen LogP) is 1.53. The number of hydrogen-bond acceptors (Lipinski definition) is 3. The van der Waals surface area contributed by atoms with Crippen molar-refractivity contribution in [1.82, 2.24) is 0 Å². The number of carbonyl (C=O) groups excluding carboxylic acids is 1. The third-order valence-corrected chi connectivity index (χ3v) is 1.50. The first-order chi connectivity index (χ1) is 5.61. The molecular formula is C9H12O3. The summed E-state index contributed by atoms with van der Waals surface area (Å²) in [6.45, 7) is 5.49. The van der Waals surface area contributed by atoms with E-state index in [-0.39, 0.29) is 11.5 Å². The van der Waals surface area contributed by atoms with Crippen molar-refractivity contribution >= 4 is 6.79 Å². The van der Waals surface area contributed by atoms with Crippen molar-refractivity contribution < 1.29 is 15.0 Å². The number of phenols is 2. The molecule has 2 N–H and O–H groups in total. The lowest BCUT2D eigenvalue weighted by molar-refractivity contribution is -0.0979. The molecule has 0 spiro atoms. The van der Waals surface area contributed by atoms with Gasteiger partial charge < -0.3 is 15.0 Å². The van der Waals surface area contributed by atoms with E-state index in [1.807, 2.05) is 13.7 Å². The van der Waals surface area contributed by atoms with Crippen molar-refractivity contribution in [3.63, 3.8) is 0 Å². The van der Waals surface area contributed by atoms with Gasteiger partial charge in [-0.1, -0.05) is 0 Å². The van der Waals surface area contributed by atoms with E-state index < -0.39 is 0 Å². The Hall–Kier alpha value is -1.51. The van der Waals surface area contributed by atoms with Crippen LogP contribution >= 0.6 is 0 Å². The molecule has 1 rings (SSSR count). The van der Waals surface area contributed by atoms with Crippen molar-refractivity contribution in [3.8, 4) is 11.5 Å². The summed E-state index contributed by atoms with van der Waals surface area (Å²) in [6.07, 6.45) is 0. The van der Waals surface area contributed by atoms with Crippen LogP contribution in [0.1, 0.15) is 11.1 Å². The molecular weight excluding hydrogens is 156 g/mol. The Labute approximate surface area is 71.3 Å². The standard InChI is InChI=1S/C8H10O2.CH2O/c1-5-3-7(9)6(2)8(10)4-5;1-2/h3-4,9-10H,1-2H3;1H2. The molecule has 0 aliphatic carbocycles. The molecule has 1 aromatic rings. The lowest BCUT2D eigenvalue weighted by Crippen LogP contribution is -1.78. The van der Waals surface area contributed by atoms with E-state index in [0.29, 0.717) is 5.56 Å². The van der Waals surface area contributed by atoms with Crippen molar-refractivity contribution in [1.29, 1.82) is 0 Å². The normalized spacial score (nSPS) is 8.50. The summed E-state index contributed by atoms with van der Waals surface area (Å²) in [4.78, 5) is 8.00. The van der Waals surface area contributed by atoms with E-state index in [9.17, 15) is 0 Å². The van der Waals surface area contributed by atoms with Crippen LogP contribution in [-0.2, 0) is 4.79 Å². The molecule has 3 heteroatoms. The summed E-state index contributed by atoms with van der Waals surface area (Å²) in [5.41, 5.74) is 1.39. The van der Waals surface area contributed by atoms with Gasteiger partial charge in [0.1, 0.15) is 18.3 Å². The van der Waals surface area contributed by atoms with Gasteiger partial charge in [-0.15, -0.1) is 0 Å². The van der Waals surface area contributed by atoms with Crippen molar-refractivity contribution in [2.45, 2.75) is 13.8 Å². The van der Waals surface area contributed by atoms with Crippen LogP contribution in [0.3, 0.4) is 0 Å². The van der Waals surface area contributed by atoms with Crippen LogP contribution in [0.4, 0.5) is 0 Å². The Morgan fingerprint density at radius 2 is 1.42 bits per heavy atom. The molecule has 0 aliphatic rings. The summed E-state index contributed by atoms with van der Waals surface area (Å²) in [5, 5.41) is 18.2. The molecule has 0 aliphatic heterocycles. The summed E-state index contributed by atoms with van der Waals surface area (Å²) in [7, 11) is 0. The third kappa shape index (κ3) is 2.27. The van der Waals surface area contributed by atoms with Crippen LogP contribution in [0.2, 0.25) is 0 Å². The van der Waals surface area contributed by atoms with Crippen molar-refractivity contribution in [2.75, 3.05) is 0 Å².